The molecule has 0 aliphatic carbocycles. The molecule has 2 aromatic carbocycles. The molecule has 0 amide bonds. The zero-order chi connectivity index (χ0) is 21.1. The standard InChI is InChI=1S/C17H10ClIN8O3/c18-12-6-1-9(7-13(12)27(28)29)8-20-24-15-14(21-11-4-2-10(19)3-5-11)22-16-17(23-15)26-30-25-16/h1-8H,(H,21,22,25)(H,23,24,26)/b20-8+. The Balaban J connectivity index is 1.61. The highest BCUT2D eigenvalue weighted by molar-refractivity contribution is 14.1. The molecule has 0 aliphatic rings. The lowest BCUT2D eigenvalue weighted by Gasteiger charge is -2.09. The summed E-state index contributed by atoms with van der Waals surface area (Å²) in [5, 5.41) is 25.7. The highest BCUT2D eigenvalue weighted by atomic mass is 127. The molecule has 0 radical (unpaired) electrons. The molecule has 30 heavy (non-hydrogen) atoms. The van der Waals surface area contributed by atoms with Gasteiger partial charge in [-0.25, -0.2) is 9.61 Å². The van der Waals surface area contributed by atoms with E-state index in [1.165, 1.54) is 18.3 Å². The van der Waals surface area contributed by atoms with E-state index in [4.69, 9.17) is 11.6 Å². The Bertz CT molecular complexity index is 1260. The molecule has 4 aromatic rings. The minimum absolute atomic E-state index is 0.0453. The van der Waals surface area contributed by atoms with Crippen molar-refractivity contribution < 1.29 is 9.55 Å². The van der Waals surface area contributed by atoms with Crippen LogP contribution in [0.1, 0.15) is 5.56 Å². The van der Waals surface area contributed by atoms with E-state index in [0.29, 0.717) is 11.4 Å². The summed E-state index contributed by atoms with van der Waals surface area (Å²) in [7, 11) is 0. The Hall–Kier alpha value is -3.39. The largest absolute Gasteiger partial charge is 0.337 e. The van der Waals surface area contributed by atoms with Crippen LogP contribution < -0.4 is 10.7 Å². The molecule has 0 unspecified atom stereocenters. The van der Waals surface area contributed by atoms with Gasteiger partial charge in [0.2, 0.25) is 11.3 Å². The summed E-state index contributed by atoms with van der Waals surface area (Å²) in [6, 6.07) is 12.0. The number of halogens is 2. The van der Waals surface area contributed by atoms with Crippen LogP contribution in [0.5, 0.6) is 0 Å². The molecule has 0 atom stereocenters. The van der Waals surface area contributed by atoms with E-state index < -0.39 is 4.92 Å². The Morgan fingerprint density at radius 1 is 1.10 bits per heavy atom. The minimum Gasteiger partial charge on any atom is -0.337 e. The van der Waals surface area contributed by atoms with Gasteiger partial charge < -0.3 is 5.32 Å². The monoisotopic (exact) mass is 536 g/mol. The van der Waals surface area contributed by atoms with Crippen molar-refractivity contribution in [2.45, 2.75) is 0 Å². The first-order valence-electron chi connectivity index (χ1n) is 8.25. The molecule has 0 bridgehead atoms. The van der Waals surface area contributed by atoms with E-state index >= 15 is 0 Å². The lowest BCUT2D eigenvalue weighted by molar-refractivity contribution is -0.384. The van der Waals surface area contributed by atoms with Gasteiger partial charge in [-0.2, -0.15) is 10.1 Å². The molecule has 13 heteroatoms. The van der Waals surface area contributed by atoms with Crippen molar-refractivity contribution in [1.82, 2.24) is 20.3 Å². The maximum absolute atomic E-state index is 11.0. The topological polar surface area (TPSA) is 144 Å². The van der Waals surface area contributed by atoms with Crippen LogP contribution in [0, 0.1) is 13.7 Å². The number of hydrogen-bond acceptors (Lipinski definition) is 10. The summed E-state index contributed by atoms with van der Waals surface area (Å²) in [4.78, 5) is 19.1. The highest BCUT2D eigenvalue weighted by Gasteiger charge is 2.14. The molecule has 11 nitrogen and oxygen atoms in total. The lowest BCUT2D eigenvalue weighted by Crippen LogP contribution is -2.03. The van der Waals surface area contributed by atoms with Crippen LogP contribution in [0.25, 0.3) is 11.3 Å². The number of hydrogen-bond donors (Lipinski definition) is 2. The van der Waals surface area contributed by atoms with E-state index in [0.717, 1.165) is 9.26 Å². The van der Waals surface area contributed by atoms with Crippen LogP contribution in [-0.2, 0) is 0 Å². The molecule has 0 aliphatic heterocycles. The third-order valence-corrected chi connectivity index (χ3v) is 4.81. The molecular weight excluding hydrogens is 527 g/mol. The molecule has 0 saturated heterocycles. The first-order valence-corrected chi connectivity index (χ1v) is 9.71. The highest BCUT2D eigenvalue weighted by Crippen LogP contribution is 2.26. The number of nitro benzene ring substituents is 1. The first-order chi connectivity index (χ1) is 14.5. The molecular formula is C17H10ClIN8O3. The van der Waals surface area contributed by atoms with Crippen molar-refractivity contribution in [3.05, 3.63) is 66.7 Å². The van der Waals surface area contributed by atoms with Gasteiger partial charge in [-0.15, -0.1) is 0 Å². The number of anilines is 3. The second kappa shape index (κ2) is 8.54. The van der Waals surface area contributed by atoms with Gasteiger partial charge in [-0.05, 0) is 63.2 Å². The van der Waals surface area contributed by atoms with Gasteiger partial charge in [-0.1, -0.05) is 17.7 Å². The molecule has 2 N–H and O–H groups in total. The minimum atomic E-state index is -0.562. The maximum atomic E-state index is 11.0. The molecule has 150 valence electrons. The van der Waals surface area contributed by atoms with Crippen LogP contribution in [0.4, 0.5) is 23.0 Å². The van der Waals surface area contributed by atoms with E-state index in [1.54, 1.807) is 6.07 Å². The number of nitro groups is 1. The predicted molar refractivity (Wildman–Crippen MR) is 119 cm³/mol. The van der Waals surface area contributed by atoms with Gasteiger partial charge in [-0.3, -0.25) is 15.5 Å². The number of nitrogens with zero attached hydrogens (tertiary/aromatic N) is 6. The van der Waals surface area contributed by atoms with Gasteiger partial charge in [0, 0.05) is 20.9 Å². The third kappa shape index (κ3) is 4.44. The fourth-order valence-electron chi connectivity index (χ4n) is 2.39. The Labute approximate surface area is 186 Å². The van der Waals surface area contributed by atoms with E-state index in [2.05, 4.69) is 63.3 Å². The van der Waals surface area contributed by atoms with Gasteiger partial charge in [0.1, 0.15) is 5.02 Å². The first kappa shape index (κ1) is 19.9. The van der Waals surface area contributed by atoms with Gasteiger partial charge in [0.05, 0.1) is 11.1 Å². The summed E-state index contributed by atoms with van der Waals surface area (Å²) < 4.78 is 5.75. The number of nitrogens with one attached hydrogen (secondary N) is 2. The van der Waals surface area contributed by atoms with Crippen LogP contribution in [0.15, 0.2) is 52.2 Å². The van der Waals surface area contributed by atoms with Gasteiger partial charge in [0.25, 0.3) is 5.69 Å². The second-order valence-corrected chi connectivity index (χ2v) is 7.45. The van der Waals surface area contributed by atoms with Crippen molar-refractivity contribution in [2.75, 3.05) is 10.7 Å². The predicted octanol–water partition coefficient (Wildman–Crippen LogP) is 4.37. The quantitative estimate of drug-likeness (QED) is 0.159. The van der Waals surface area contributed by atoms with Crippen molar-refractivity contribution in [2.24, 2.45) is 5.10 Å². The summed E-state index contributed by atoms with van der Waals surface area (Å²) in [6.45, 7) is 0. The van der Waals surface area contributed by atoms with Crippen molar-refractivity contribution in [1.29, 1.82) is 0 Å². The molecule has 2 aromatic heterocycles. The van der Waals surface area contributed by atoms with Crippen LogP contribution >= 0.6 is 34.2 Å². The van der Waals surface area contributed by atoms with Gasteiger partial charge in [0.15, 0.2) is 11.6 Å². The Kier molecular flexibility index (Phi) is 5.67. The van der Waals surface area contributed by atoms with E-state index in [9.17, 15) is 10.1 Å². The number of hydrazone groups is 1. The van der Waals surface area contributed by atoms with Crippen LogP contribution in [-0.4, -0.2) is 31.4 Å². The Morgan fingerprint density at radius 3 is 2.50 bits per heavy atom. The molecule has 0 spiro atoms. The SMILES string of the molecule is O=[N+]([O-])c1cc(/C=N/Nc2nc3nonc3nc2Nc2ccc(I)cc2)ccc1Cl. The third-order valence-electron chi connectivity index (χ3n) is 3.77. The number of benzene rings is 2. The summed E-state index contributed by atoms with van der Waals surface area (Å²) in [5.41, 5.74) is 4.23. The zero-order valence-electron chi connectivity index (χ0n) is 14.8. The average molecular weight is 537 g/mol. The van der Waals surface area contributed by atoms with Crippen molar-refractivity contribution in [3.63, 3.8) is 0 Å². The number of fused-ring (bicyclic) bond motifs is 1. The number of aromatic nitrogens is 4. The molecule has 0 saturated carbocycles. The van der Waals surface area contributed by atoms with Crippen molar-refractivity contribution >= 4 is 74.7 Å². The smallest absolute Gasteiger partial charge is 0.288 e. The fraction of sp³-hybridized carbons (Fsp3) is 0. The van der Waals surface area contributed by atoms with Crippen LogP contribution in [0.2, 0.25) is 5.02 Å². The second-order valence-electron chi connectivity index (χ2n) is 5.80. The molecule has 2 heterocycles. The molecule has 4 rings (SSSR count). The fourth-order valence-corrected chi connectivity index (χ4v) is 2.94. The average Bonchev–Trinajstić information content (AvgIpc) is 3.18. The zero-order valence-corrected chi connectivity index (χ0v) is 17.7. The lowest BCUT2D eigenvalue weighted by atomic mass is 10.2. The Morgan fingerprint density at radius 2 is 1.80 bits per heavy atom. The summed E-state index contributed by atoms with van der Waals surface area (Å²) in [6.07, 6.45) is 1.39. The van der Waals surface area contributed by atoms with E-state index in [1.807, 2.05) is 24.3 Å². The maximum Gasteiger partial charge on any atom is 0.288 e. The van der Waals surface area contributed by atoms with Crippen molar-refractivity contribution in [3.8, 4) is 0 Å². The summed E-state index contributed by atoms with van der Waals surface area (Å²) in [5.74, 6) is 0.607. The van der Waals surface area contributed by atoms with E-state index in [-0.39, 0.29) is 27.8 Å². The molecule has 0 fully saturated rings. The summed E-state index contributed by atoms with van der Waals surface area (Å²) >= 11 is 8.03. The number of rotatable bonds is 6. The normalized spacial score (nSPS) is 11.1. The van der Waals surface area contributed by atoms with Gasteiger partial charge >= 0.3 is 0 Å². The van der Waals surface area contributed by atoms with Crippen LogP contribution in [0.3, 0.4) is 0 Å².